The number of phenolic OH excluding ortho intramolecular Hbond substituents is 2. The summed E-state index contributed by atoms with van der Waals surface area (Å²) in [5, 5.41) is 154. The van der Waals surface area contributed by atoms with Crippen molar-refractivity contribution in [2.75, 3.05) is 53.9 Å². The van der Waals surface area contributed by atoms with Gasteiger partial charge >= 0.3 is 29.8 Å². The molecule has 0 spiro atoms. The molecule has 0 aromatic heterocycles. The molecule has 14 N–H and O–H groups in total. The number of ether oxygens (including phenoxy) is 16. The van der Waals surface area contributed by atoms with E-state index in [1.54, 1.807) is 6.07 Å². The largest absolute Gasteiger partial charge is 0.504 e. The summed E-state index contributed by atoms with van der Waals surface area (Å²) in [6.07, 6.45) is -45.9. The van der Waals surface area contributed by atoms with Gasteiger partial charge in [-0.05, 0) is 59.7 Å². The van der Waals surface area contributed by atoms with Gasteiger partial charge in [-0.25, -0.2) is 14.4 Å². The van der Waals surface area contributed by atoms with Crippen molar-refractivity contribution < 1.29 is 171 Å². The number of rotatable bonds is 26. The number of hydrogen-bond acceptors (Lipinski definition) is 35. The number of carbonyl (C=O) groups is 5. The van der Waals surface area contributed by atoms with E-state index in [4.69, 9.17) is 75.8 Å². The molecule has 35 heteroatoms. The van der Waals surface area contributed by atoms with Crippen molar-refractivity contribution in [2.24, 2.45) is 0 Å². The Labute approximate surface area is 545 Å². The molecule has 0 bridgehead atoms. The normalized spacial score (nSPS) is 35.4. The van der Waals surface area contributed by atoms with Gasteiger partial charge in [-0.3, -0.25) is 9.59 Å². The van der Waals surface area contributed by atoms with E-state index in [-0.39, 0.29) is 39.7 Å². The number of aromatic hydroxyl groups is 2. The third-order valence-corrected chi connectivity index (χ3v) is 15.8. The van der Waals surface area contributed by atoms with Crippen molar-refractivity contribution in [2.45, 2.75) is 161 Å². The number of esters is 5. The Morgan fingerprint density at radius 1 is 0.479 bits per heavy atom. The molecular weight excluding hydrogens is 1290 g/mol. The lowest BCUT2D eigenvalue weighted by molar-refractivity contribution is -0.423. The lowest BCUT2D eigenvalue weighted by Crippen LogP contribution is -2.70. The summed E-state index contributed by atoms with van der Waals surface area (Å²) in [5.74, 6) is -9.47. The van der Waals surface area contributed by atoms with E-state index < -0.39 is 216 Å². The second kappa shape index (κ2) is 33.4. The quantitative estimate of drug-likeness (QED) is 0.0203. The Morgan fingerprint density at radius 3 is 1.49 bits per heavy atom. The summed E-state index contributed by atoms with van der Waals surface area (Å²) < 4.78 is 94.5. The first-order chi connectivity index (χ1) is 45.8. The number of benzene rings is 3. The van der Waals surface area contributed by atoms with E-state index in [2.05, 4.69) is 0 Å². The van der Waals surface area contributed by atoms with Crippen LogP contribution in [0.4, 0.5) is 0 Å². The van der Waals surface area contributed by atoms with Gasteiger partial charge < -0.3 is 147 Å². The first-order valence-corrected chi connectivity index (χ1v) is 29.6. The fourth-order valence-electron chi connectivity index (χ4n) is 10.9. The number of hydrogen-bond donors (Lipinski definition) is 14. The van der Waals surface area contributed by atoms with Crippen molar-refractivity contribution in [1.29, 1.82) is 0 Å². The van der Waals surface area contributed by atoms with Crippen molar-refractivity contribution >= 4 is 42.0 Å². The first-order valence-electron chi connectivity index (χ1n) is 29.6. The van der Waals surface area contributed by atoms with Gasteiger partial charge in [0, 0.05) is 26.0 Å². The highest BCUT2D eigenvalue weighted by atomic mass is 16.8. The zero-order valence-electron chi connectivity index (χ0n) is 51.5. The van der Waals surface area contributed by atoms with E-state index in [1.165, 1.54) is 81.0 Å². The van der Waals surface area contributed by atoms with Crippen LogP contribution in [-0.2, 0) is 85.5 Å². The predicted molar refractivity (Wildman–Crippen MR) is 310 cm³/mol. The number of methoxy groups -OCH3 is 2. The van der Waals surface area contributed by atoms with Crippen LogP contribution in [-0.4, -0.2) is 302 Å². The van der Waals surface area contributed by atoms with Crippen molar-refractivity contribution in [3.8, 4) is 23.0 Å². The molecule has 3 aromatic carbocycles. The van der Waals surface area contributed by atoms with Gasteiger partial charge in [0.25, 0.3) is 0 Å². The molecule has 0 saturated carbocycles. The molecule has 0 aliphatic carbocycles. The second-order valence-electron chi connectivity index (χ2n) is 22.3. The Bertz CT molecular complexity index is 3150. The smallest absolute Gasteiger partial charge is 0.338 e. The van der Waals surface area contributed by atoms with Crippen LogP contribution < -0.4 is 9.47 Å². The van der Waals surface area contributed by atoms with Crippen LogP contribution in [0.15, 0.2) is 78.9 Å². The molecule has 0 radical (unpaired) electrons. The monoisotopic (exact) mass is 1370 g/mol. The Hall–Kier alpha value is -7.15. The van der Waals surface area contributed by atoms with Gasteiger partial charge in [0.15, 0.2) is 66.5 Å². The molecule has 24 atom stereocenters. The Kier molecular flexibility index (Phi) is 26.0. The van der Waals surface area contributed by atoms with Crippen molar-refractivity contribution in [1.82, 2.24) is 0 Å². The minimum atomic E-state index is -3.02. The molecule has 8 rings (SSSR count). The number of aliphatic hydroxyl groups excluding tert-OH is 12. The summed E-state index contributed by atoms with van der Waals surface area (Å²) in [7, 11) is 2.51. The lowest BCUT2D eigenvalue weighted by atomic mass is 9.95. The van der Waals surface area contributed by atoms with Crippen LogP contribution >= 0.6 is 0 Å². The van der Waals surface area contributed by atoms with Gasteiger partial charge in [0.2, 0.25) is 5.79 Å². The molecule has 5 fully saturated rings. The highest BCUT2D eigenvalue weighted by Gasteiger charge is 2.64. The van der Waals surface area contributed by atoms with Gasteiger partial charge in [-0.15, -0.1) is 0 Å². The number of carbonyl (C=O) groups excluding carboxylic acids is 5. The fourth-order valence-corrected chi connectivity index (χ4v) is 10.9. The second-order valence-corrected chi connectivity index (χ2v) is 22.3. The Balaban J connectivity index is 1.30. The standard InChI is InChI=1S/C61H76O35/c1-26(66)83-24-39-51(85-27(2)67)52(91-57-47(77)45(75)42(72)35(20-62)86-57)49(79)59(89-39)92-53-50(90-41(71)17-13-29-11-15-32(69)34(19-29)82-4)38(23-65)88-60(54(53)93-58-48(78)46(76)43(73)36(21-63)87-58)96-61(25-84-40(70)16-12-28-10-14-31(68)33(18-28)81-3)55(44(74)37(22-64)95-61)94-56(80)30-8-6-5-7-9-30/h5-19,35-39,42-55,57-60,62-65,68-69,72-79H,20-25H2,1-4H3/b16-12+,17-13+/t35-,36-,37+,38+,39-,42+,43+,44+,45-,46-,47+,48+,49+,50+,51+,52+,53-,54+,55-,57-,58-,59-,60+,61+/m0/s1. The maximum atomic E-state index is 14.4. The SMILES string of the molecule is COc1cc(/C=C/C(=O)OC[C@]2(O[C@H]3O[C@H](CO)[C@@H](OC(=O)/C=C/c4ccc(O)c(OC)c4)[C@H](O[C@@H]4O[C@@H](COC(C)=O)[C@@H](OC(C)=O)[C@H](O[C@@H]5O[C@@H](CO)[C@@H](O)[C@H](O)[C@H]5O)[C@H]4O)[C@H]3O[C@@H]3O[C@@H](CO)[C@@H](O)[C@H](O)[C@H]3O)O[C@H](CO)[C@@H](O)[C@@H]2OC(=O)c2ccccc2)ccc1O. The summed E-state index contributed by atoms with van der Waals surface area (Å²) in [4.78, 5) is 67.8. The molecule has 5 aliphatic heterocycles. The van der Waals surface area contributed by atoms with Gasteiger partial charge in [-0.2, -0.15) is 0 Å². The topological polar surface area (TPSA) is 516 Å². The summed E-state index contributed by atoms with van der Waals surface area (Å²) in [5.41, 5.74) is 0.317. The average Bonchev–Trinajstić information content (AvgIpc) is 1.43. The third kappa shape index (κ3) is 17.4. The van der Waals surface area contributed by atoms with Crippen molar-refractivity contribution in [3.05, 3.63) is 95.6 Å². The summed E-state index contributed by atoms with van der Waals surface area (Å²) in [6.45, 7) is -4.85. The van der Waals surface area contributed by atoms with E-state index in [0.717, 1.165) is 32.1 Å². The zero-order valence-corrected chi connectivity index (χ0v) is 51.5. The van der Waals surface area contributed by atoms with E-state index in [0.29, 0.717) is 0 Å². The van der Waals surface area contributed by atoms with Crippen LogP contribution in [0.5, 0.6) is 23.0 Å². The van der Waals surface area contributed by atoms with E-state index in [9.17, 15) is 95.5 Å². The highest BCUT2D eigenvalue weighted by molar-refractivity contribution is 5.90. The number of phenols is 2. The third-order valence-electron chi connectivity index (χ3n) is 15.8. The molecule has 5 saturated heterocycles. The molecule has 96 heavy (non-hydrogen) atoms. The highest BCUT2D eigenvalue weighted by Crippen LogP contribution is 2.43. The van der Waals surface area contributed by atoms with E-state index >= 15 is 0 Å². The first kappa shape index (κ1) is 74.6. The maximum Gasteiger partial charge on any atom is 0.338 e. The van der Waals surface area contributed by atoms with E-state index in [1.807, 2.05) is 0 Å². The van der Waals surface area contributed by atoms with Gasteiger partial charge in [0.1, 0.15) is 111 Å². The minimum absolute atomic E-state index is 0.00293. The van der Waals surface area contributed by atoms with Crippen LogP contribution in [0, 0.1) is 0 Å². The number of aliphatic hydroxyl groups is 12. The minimum Gasteiger partial charge on any atom is -0.504 e. The predicted octanol–water partition coefficient (Wildman–Crippen LogP) is -4.96. The molecular formula is C61H76O35. The van der Waals surface area contributed by atoms with Gasteiger partial charge in [-0.1, -0.05) is 30.3 Å². The summed E-state index contributed by atoms with van der Waals surface area (Å²) in [6, 6.07) is 14.9. The van der Waals surface area contributed by atoms with Crippen molar-refractivity contribution in [3.63, 3.8) is 0 Å². The van der Waals surface area contributed by atoms with Crippen LogP contribution in [0.25, 0.3) is 12.2 Å². The zero-order chi connectivity index (χ0) is 69.9. The van der Waals surface area contributed by atoms with Crippen LogP contribution in [0.2, 0.25) is 0 Å². The van der Waals surface area contributed by atoms with Crippen LogP contribution in [0.1, 0.15) is 35.3 Å². The Morgan fingerprint density at radius 2 is 0.969 bits per heavy atom. The molecule has 35 nitrogen and oxygen atoms in total. The molecule has 0 unspecified atom stereocenters. The van der Waals surface area contributed by atoms with Crippen LogP contribution in [0.3, 0.4) is 0 Å². The molecule has 530 valence electrons. The maximum absolute atomic E-state index is 14.4. The average molecular weight is 1370 g/mol. The molecule has 5 heterocycles. The fraction of sp³-hybridized carbons (Fsp3) is 0.557. The lowest BCUT2D eigenvalue weighted by Gasteiger charge is -2.51. The molecule has 5 aliphatic rings. The molecule has 3 aromatic rings. The summed E-state index contributed by atoms with van der Waals surface area (Å²) >= 11 is 0. The van der Waals surface area contributed by atoms with Gasteiger partial charge in [0.05, 0.1) is 46.2 Å². The molecule has 0 amide bonds.